The minimum atomic E-state index is 0.566. The van der Waals surface area contributed by atoms with Crippen molar-refractivity contribution >= 4 is 17.3 Å². The first kappa shape index (κ1) is 10.9. The molecule has 0 bridgehead atoms. The van der Waals surface area contributed by atoms with Crippen LogP contribution in [0.1, 0.15) is 19.4 Å². The van der Waals surface area contributed by atoms with Gasteiger partial charge in [-0.15, -0.1) is 6.42 Å². The van der Waals surface area contributed by atoms with Crippen molar-refractivity contribution in [1.82, 2.24) is 0 Å². The van der Waals surface area contributed by atoms with Gasteiger partial charge in [-0.3, -0.25) is 0 Å². The standard InChI is InChI=1S/C8H6ClN.C2H6/c1-2-6-5-7(10)3-4-8(6)9;1-2/h1,3-5H,10H2;1-2H3. The van der Waals surface area contributed by atoms with Gasteiger partial charge in [0.1, 0.15) is 0 Å². The van der Waals surface area contributed by atoms with Crippen LogP contribution >= 0.6 is 11.6 Å². The van der Waals surface area contributed by atoms with Gasteiger partial charge in [0.05, 0.1) is 5.02 Å². The predicted molar refractivity (Wildman–Crippen MR) is 55.1 cm³/mol. The molecule has 0 unspecified atom stereocenters. The molecule has 1 aromatic rings. The first-order valence-electron chi connectivity index (χ1n) is 3.75. The fourth-order valence-corrected chi connectivity index (χ4v) is 0.826. The molecular weight excluding hydrogens is 170 g/mol. The van der Waals surface area contributed by atoms with E-state index >= 15 is 0 Å². The van der Waals surface area contributed by atoms with Crippen molar-refractivity contribution in [3.63, 3.8) is 0 Å². The number of anilines is 1. The molecule has 0 radical (unpaired) electrons. The van der Waals surface area contributed by atoms with Crippen LogP contribution in [0.4, 0.5) is 5.69 Å². The Kier molecular flexibility index (Phi) is 4.99. The molecule has 1 rings (SSSR count). The first-order valence-corrected chi connectivity index (χ1v) is 4.13. The maximum atomic E-state index is 5.70. The Morgan fingerprint density at radius 1 is 1.42 bits per heavy atom. The minimum absolute atomic E-state index is 0.566. The van der Waals surface area contributed by atoms with E-state index in [0.717, 1.165) is 0 Å². The van der Waals surface area contributed by atoms with Crippen LogP contribution in [-0.4, -0.2) is 0 Å². The molecule has 12 heavy (non-hydrogen) atoms. The first-order chi connectivity index (χ1) is 5.74. The van der Waals surface area contributed by atoms with Crippen molar-refractivity contribution < 1.29 is 0 Å². The molecule has 0 heterocycles. The van der Waals surface area contributed by atoms with Gasteiger partial charge in [0.15, 0.2) is 0 Å². The summed E-state index contributed by atoms with van der Waals surface area (Å²) in [4.78, 5) is 0. The molecule has 0 aliphatic carbocycles. The Labute approximate surface area is 78.5 Å². The smallest absolute Gasteiger partial charge is 0.0563 e. The Morgan fingerprint density at radius 3 is 2.42 bits per heavy atom. The lowest BCUT2D eigenvalue weighted by atomic mass is 10.2. The summed E-state index contributed by atoms with van der Waals surface area (Å²) in [5.74, 6) is 2.42. The second kappa shape index (κ2) is 5.51. The van der Waals surface area contributed by atoms with E-state index in [1.165, 1.54) is 0 Å². The third-order valence-electron chi connectivity index (χ3n) is 1.15. The Hall–Kier alpha value is -1.13. The molecule has 0 aliphatic heterocycles. The van der Waals surface area contributed by atoms with Crippen LogP contribution in [0.5, 0.6) is 0 Å². The van der Waals surface area contributed by atoms with E-state index in [0.29, 0.717) is 16.3 Å². The van der Waals surface area contributed by atoms with Crippen LogP contribution in [0.2, 0.25) is 5.02 Å². The molecular formula is C10H12ClN. The molecule has 2 N–H and O–H groups in total. The van der Waals surface area contributed by atoms with E-state index in [4.69, 9.17) is 23.8 Å². The van der Waals surface area contributed by atoms with Gasteiger partial charge in [0.25, 0.3) is 0 Å². The zero-order valence-electron chi connectivity index (χ0n) is 7.26. The summed E-state index contributed by atoms with van der Waals surface area (Å²) >= 11 is 5.70. The summed E-state index contributed by atoms with van der Waals surface area (Å²) < 4.78 is 0. The Morgan fingerprint density at radius 2 is 2.00 bits per heavy atom. The molecule has 0 aliphatic rings. The molecule has 0 saturated heterocycles. The van der Waals surface area contributed by atoms with E-state index < -0.39 is 0 Å². The van der Waals surface area contributed by atoms with Gasteiger partial charge in [-0.2, -0.15) is 0 Å². The number of benzene rings is 1. The van der Waals surface area contributed by atoms with Crippen molar-refractivity contribution in [3.8, 4) is 12.3 Å². The largest absolute Gasteiger partial charge is 0.399 e. The van der Waals surface area contributed by atoms with Crippen LogP contribution in [-0.2, 0) is 0 Å². The maximum Gasteiger partial charge on any atom is 0.0563 e. The number of terminal acetylenes is 1. The van der Waals surface area contributed by atoms with Gasteiger partial charge < -0.3 is 5.73 Å². The quantitative estimate of drug-likeness (QED) is 0.484. The monoisotopic (exact) mass is 181 g/mol. The topological polar surface area (TPSA) is 26.0 Å². The van der Waals surface area contributed by atoms with E-state index in [-0.39, 0.29) is 0 Å². The highest BCUT2D eigenvalue weighted by atomic mass is 35.5. The van der Waals surface area contributed by atoms with E-state index in [9.17, 15) is 0 Å². The fourth-order valence-electron chi connectivity index (χ4n) is 0.654. The molecule has 1 nitrogen and oxygen atoms in total. The third kappa shape index (κ3) is 2.86. The Bertz CT molecular complexity index is 286. The van der Waals surface area contributed by atoms with Crippen molar-refractivity contribution in [3.05, 3.63) is 28.8 Å². The molecule has 1 aromatic carbocycles. The van der Waals surface area contributed by atoms with E-state index in [2.05, 4.69) is 5.92 Å². The number of halogens is 1. The average Bonchev–Trinajstić information content (AvgIpc) is 2.13. The van der Waals surface area contributed by atoms with Crippen LogP contribution in [0.15, 0.2) is 18.2 Å². The second-order valence-electron chi connectivity index (χ2n) is 1.88. The average molecular weight is 182 g/mol. The van der Waals surface area contributed by atoms with Gasteiger partial charge >= 0.3 is 0 Å². The maximum absolute atomic E-state index is 5.70. The SMILES string of the molecule is C#Cc1cc(N)ccc1Cl.CC. The molecule has 0 amide bonds. The van der Waals surface area contributed by atoms with Crippen molar-refractivity contribution in [2.24, 2.45) is 0 Å². The number of hydrogen-bond donors (Lipinski definition) is 1. The van der Waals surface area contributed by atoms with E-state index in [1.807, 2.05) is 13.8 Å². The lowest BCUT2D eigenvalue weighted by molar-refractivity contribution is 1.50. The highest BCUT2D eigenvalue weighted by Gasteiger charge is 1.94. The lowest BCUT2D eigenvalue weighted by Gasteiger charge is -1.95. The third-order valence-corrected chi connectivity index (χ3v) is 1.48. The highest BCUT2D eigenvalue weighted by Crippen LogP contribution is 2.16. The van der Waals surface area contributed by atoms with Gasteiger partial charge in [-0.05, 0) is 18.2 Å². The molecule has 0 fully saturated rings. The normalized spacial score (nSPS) is 7.83. The molecule has 0 spiro atoms. The van der Waals surface area contributed by atoms with Gasteiger partial charge in [0.2, 0.25) is 0 Å². The molecule has 0 atom stereocenters. The Balaban J connectivity index is 0.000000561. The summed E-state index contributed by atoms with van der Waals surface area (Å²) in [6.45, 7) is 4.00. The fraction of sp³-hybridized carbons (Fsp3) is 0.200. The van der Waals surface area contributed by atoms with Gasteiger partial charge in [0, 0.05) is 11.3 Å². The summed E-state index contributed by atoms with van der Waals surface area (Å²) in [5, 5.41) is 0.566. The number of hydrogen-bond acceptors (Lipinski definition) is 1. The second-order valence-corrected chi connectivity index (χ2v) is 2.29. The zero-order valence-corrected chi connectivity index (χ0v) is 8.02. The number of rotatable bonds is 0. The summed E-state index contributed by atoms with van der Waals surface area (Å²) in [5.41, 5.74) is 6.73. The van der Waals surface area contributed by atoms with Crippen molar-refractivity contribution in [1.29, 1.82) is 0 Å². The predicted octanol–water partition coefficient (Wildman–Crippen LogP) is 2.93. The summed E-state index contributed by atoms with van der Waals surface area (Å²) in [6.07, 6.45) is 5.13. The highest BCUT2D eigenvalue weighted by molar-refractivity contribution is 6.31. The summed E-state index contributed by atoms with van der Waals surface area (Å²) in [7, 11) is 0. The van der Waals surface area contributed by atoms with Gasteiger partial charge in [-0.25, -0.2) is 0 Å². The van der Waals surface area contributed by atoms with E-state index in [1.54, 1.807) is 18.2 Å². The molecule has 2 heteroatoms. The number of nitrogen functional groups attached to an aromatic ring is 1. The van der Waals surface area contributed by atoms with Gasteiger partial charge in [-0.1, -0.05) is 31.4 Å². The van der Waals surface area contributed by atoms with Crippen LogP contribution in [0, 0.1) is 12.3 Å². The van der Waals surface area contributed by atoms with Crippen molar-refractivity contribution in [2.75, 3.05) is 5.73 Å². The molecule has 0 saturated carbocycles. The van der Waals surface area contributed by atoms with Crippen LogP contribution in [0.3, 0.4) is 0 Å². The zero-order chi connectivity index (χ0) is 9.56. The lowest BCUT2D eigenvalue weighted by Crippen LogP contribution is -1.85. The van der Waals surface area contributed by atoms with Crippen LogP contribution in [0.25, 0.3) is 0 Å². The summed E-state index contributed by atoms with van der Waals surface area (Å²) in [6, 6.07) is 5.07. The van der Waals surface area contributed by atoms with Crippen LogP contribution < -0.4 is 5.73 Å². The number of nitrogens with two attached hydrogens (primary N) is 1. The van der Waals surface area contributed by atoms with Crippen molar-refractivity contribution in [2.45, 2.75) is 13.8 Å². The molecule has 0 aromatic heterocycles. The molecule has 64 valence electrons. The minimum Gasteiger partial charge on any atom is -0.399 e.